The van der Waals surface area contributed by atoms with Gasteiger partial charge in [-0.3, -0.25) is 9.59 Å². The van der Waals surface area contributed by atoms with Crippen LogP contribution < -0.4 is 0 Å². The third kappa shape index (κ3) is 3.76. The first-order valence-electron chi connectivity index (χ1n) is 8.12. The number of likely N-dealkylation sites (tertiary alicyclic amines) is 1. The molecule has 1 saturated heterocycles. The van der Waals surface area contributed by atoms with Gasteiger partial charge in [0, 0.05) is 25.6 Å². The average molecular weight is 296 g/mol. The molecule has 1 aliphatic carbocycles. The number of nitrogens with zero attached hydrogens (tertiary/aromatic N) is 2. The summed E-state index contributed by atoms with van der Waals surface area (Å²) in [7, 11) is 4.03. The van der Waals surface area contributed by atoms with E-state index >= 15 is 0 Å². The van der Waals surface area contributed by atoms with E-state index in [2.05, 4.69) is 4.90 Å². The van der Waals surface area contributed by atoms with Crippen molar-refractivity contribution in [2.45, 2.75) is 57.4 Å². The molecule has 0 aromatic heterocycles. The Morgan fingerprint density at radius 3 is 2.43 bits per heavy atom. The van der Waals surface area contributed by atoms with Gasteiger partial charge >= 0.3 is 5.97 Å². The van der Waals surface area contributed by atoms with Crippen molar-refractivity contribution in [3.05, 3.63) is 0 Å². The van der Waals surface area contributed by atoms with Crippen LogP contribution in [0.3, 0.4) is 0 Å². The lowest BCUT2D eigenvalue weighted by atomic mass is 9.71. The van der Waals surface area contributed by atoms with Crippen molar-refractivity contribution in [2.24, 2.45) is 5.41 Å². The average Bonchev–Trinajstić information content (AvgIpc) is 2.87. The lowest BCUT2D eigenvalue weighted by Gasteiger charge is -2.35. The van der Waals surface area contributed by atoms with Crippen LogP contribution in [0.15, 0.2) is 0 Å². The first kappa shape index (κ1) is 16.3. The van der Waals surface area contributed by atoms with Crippen LogP contribution in [0, 0.1) is 5.41 Å². The molecule has 0 spiro atoms. The summed E-state index contributed by atoms with van der Waals surface area (Å²) < 4.78 is 0. The summed E-state index contributed by atoms with van der Waals surface area (Å²) in [4.78, 5) is 28.4. The Balaban J connectivity index is 2.03. The first-order chi connectivity index (χ1) is 9.94. The smallest absolute Gasteiger partial charge is 0.310 e. The number of hydrogen-bond acceptors (Lipinski definition) is 3. The summed E-state index contributed by atoms with van der Waals surface area (Å²) in [6, 6.07) is 0.252. The van der Waals surface area contributed by atoms with Crippen molar-refractivity contribution in [3.63, 3.8) is 0 Å². The fourth-order valence-corrected chi connectivity index (χ4v) is 3.86. The summed E-state index contributed by atoms with van der Waals surface area (Å²) in [5, 5.41) is 9.61. The molecule has 0 aromatic rings. The number of carbonyl (C=O) groups excluding carboxylic acids is 1. The number of carboxylic acid groups (broad SMARTS) is 1. The number of rotatable bonds is 5. The Labute approximate surface area is 127 Å². The van der Waals surface area contributed by atoms with Crippen LogP contribution >= 0.6 is 0 Å². The molecule has 120 valence electrons. The molecular weight excluding hydrogens is 268 g/mol. The van der Waals surface area contributed by atoms with Crippen LogP contribution in [0.2, 0.25) is 0 Å². The molecule has 1 saturated carbocycles. The van der Waals surface area contributed by atoms with Crippen molar-refractivity contribution in [3.8, 4) is 0 Å². The molecule has 5 nitrogen and oxygen atoms in total. The summed E-state index contributed by atoms with van der Waals surface area (Å²) in [6.45, 7) is 1.65. The lowest BCUT2D eigenvalue weighted by Crippen LogP contribution is -2.45. The highest BCUT2D eigenvalue weighted by molar-refractivity contribution is 5.85. The Bertz CT molecular complexity index is 389. The van der Waals surface area contributed by atoms with E-state index in [1.54, 1.807) is 0 Å². The number of aliphatic carboxylic acids is 1. The molecule has 2 aliphatic rings. The quantitative estimate of drug-likeness (QED) is 0.842. The van der Waals surface area contributed by atoms with Gasteiger partial charge in [-0.1, -0.05) is 19.3 Å². The maximum absolute atomic E-state index is 12.7. The van der Waals surface area contributed by atoms with Gasteiger partial charge < -0.3 is 14.9 Å². The molecule has 1 amide bonds. The highest BCUT2D eigenvalue weighted by Crippen LogP contribution is 2.40. The first-order valence-corrected chi connectivity index (χ1v) is 8.12. The minimum Gasteiger partial charge on any atom is -0.481 e. The second-order valence-electron chi connectivity index (χ2n) is 6.97. The number of carboxylic acids is 1. The highest BCUT2D eigenvalue weighted by atomic mass is 16.4. The van der Waals surface area contributed by atoms with E-state index in [9.17, 15) is 14.7 Å². The zero-order valence-electron chi connectivity index (χ0n) is 13.3. The van der Waals surface area contributed by atoms with E-state index in [1.807, 2.05) is 19.0 Å². The van der Waals surface area contributed by atoms with Gasteiger partial charge in [0.05, 0.1) is 5.41 Å². The minimum absolute atomic E-state index is 0.0450. The van der Waals surface area contributed by atoms with E-state index in [1.165, 1.54) is 0 Å². The normalized spacial score (nSPS) is 25.3. The third-order valence-corrected chi connectivity index (χ3v) is 5.03. The topological polar surface area (TPSA) is 60.9 Å². The Morgan fingerprint density at radius 2 is 1.86 bits per heavy atom. The van der Waals surface area contributed by atoms with Crippen LogP contribution in [0.1, 0.15) is 51.4 Å². The Kier molecular flexibility index (Phi) is 5.25. The third-order valence-electron chi connectivity index (χ3n) is 5.03. The summed E-state index contributed by atoms with van der Waals surface area (Å²) in [6.07, 6.45) is 6.51. The Morgan fingerprint density at radius 1 is 1.19 bits per heavy atom. The number of hydrogen-bond donors (Lipinski definition) is 1. The molecule has 2 fully saturated rings. The molecule has 0 bridgehead atoms. The van der Waals surface area contributed by atoms with Gasteiger partial charge in [0.15, 0.2) is 0 Å². The molecule has 1 atom stereocenters. The number of likely N-dealkylation sites (N-methyl/N-ethyl adjacent to an activating group) is 1. The van der Waals surface area contributed by atoms with Gasteiger partial charge in [-0.15, -0.1) is 0 Å². The SMILES string of the molecule is CN(C)CC1CCCN1C(=O)CC1(C(=O)O)CCCCC1. The van der Waals surface area contributed by atoms with Gasteiger partial charge in [0.1, 0.15) is 0 Å². The standard InChI is InChI=1S/C16H28N2O3/c1-17(2)12-13-7-6-10-18(13)14(19)11-16(15(20)21)8-4-3-5-9-16/h13H,3-12H2,1-2H3,(H,20,21). The molecule has 1 N–H and O–H groups in total. The maximum Gasteiger partial charge on any atom is 0.310 e. The van der Waals surface area contributed by atoms with Crippen LogP contribution in [0.4, 0.5) is 0 Å². The second-order valence-corrected chi connectivity index (χ2v) is 6.97. The predicted octanol–water partition coefficient (Wildman–Crippen LogP) is 1.96. The van der Waals surface area contributed by atoms with Gasteiger partial charge in [0.25, 0.3) is 0 Å². The fourth-order valence-electron chi connectivity index (χ4n) is 3.86. The fraction of sp³-hybridized carbons (Fsp3) is 0.875. The van der Waals surface area contributed by atoms with Crippen LogP contribution in [-0.2, 0) is 9.59 Å². The van der Waals surface area contributed by atoms with Gasteiger partial charge in [-0.05, 0) is 39.8 Å². The summed E-state index contributed by atoms with van der Waals surface area (Å²) >= 11 is 0. The van der Waals surface area contributed by atoms with E-state index in [4.69, 9.17) is 0 Å². The monoisotopic (exact) mass is 296 g/mol. The molecule has 1 unspecified atom stereocenters. The van der Waals surface area contributed by atoms with E-state index in [0.29, 0.717) is 12.8 Å². The molecule has 1 heterocycles. The molecule has 1 aliphatic heterocycles. The molecule has 0 aromatic carbocycles. The number of amides is 1. The van der Waals surface area contributed by atoms with Crippen molar-refractivity contribution in [2.75, 3.05) is 27.2 Å². The van der Waals surface area contributed by atoms with Crippen molar-refractivity contribution >= 4 is 11.9 Å². The Hall–Kier alpha value is -1.10. The summed E-state index contributed by atoms with van der Waals surface area (Å²) in [5.41, 5.74) is -0.805. The van der Waals surface area contributed by atoms with Crippen LogP contribution in [-0.4, -0.2) is 60.0 Å². The van der Waals surface area contributed by atoms with E-state index in [0.717, 1.165) is 45.2 Å². The molecule has 2 rings (SSSR count). The zero-order chi connectivity index (χ0) is 15.5. The molecule has 21 heavy (non-hydrogen) atoms. The minimum atomic E-state index is -0.805. The van der Waals surface area contributed by atoms with E-state index in [-0.39, 0.29) is 18.4 Å². The molecule has 0 radical (unpaired) electrons. The van der Waals surface area contributed by atoms with Crippen molar-refractivity contribution < 1.29 is 14.7 Å². The van der Waals surface area contributed by atoms with Crippen molar-refractivity contribution in [1.29, 1.82) is 0 Å². The summed E-state index contributed by atoms with van der Waals surface area (Å²) in [5.74, 6) is -0.734. The van der Waals surface area contributed by atoms with Gasteiger partial charge in [0.2, 0.25) is 5.91 Å². The predicted molar refractivity (Wildman–Crippen MR) is 81.1 cm³/mol. The van der Waals surface area contributed by atoms with Gasteiger partial charge in [-0.2, -0.15) is 0 Å². The lowest BCUT2D eigenvalue weighted by molar-refractivity contribution is -0.156. The highest BCUT2D eigenvalue weighted by Gasteiger charge is 2.43. The van der Waals surface area contributed by atoms with Crippen molar-refractivity contribution in [1.82, 2.24) is 9.80 Å². The van der Waals surface area contributed by atoms with Crippen LogP contribution in [0.25, 0.3) is 0 Å². The van der Waals surface area contributed by atoms with Crippen LogP contribution in [0.5, 0.6) is 0 Å². The number of carbonyl (C=O) groups is 2. The second kappa shape index (κ2) is 6.77. The van der Waals surface area contributed by atoms with E-state index < -0.39 is 11.4 Å². The largest absolute Gasteiger partial charge is 0.481 e. The van der Waals surface area contributed by atoms with Gasteiger partial charge in [-0.25, -0.2) is 0 Å². The zero-order valence-corrected chi connectivity index (χ0v) is 13.3. The maximum atomic E-state index is 12.7. The molecule has 5 heteroatoms. The molecular formula is C16H28N2O3.